The Bertz CT molecular complexity index is 268. The van der Waals surface area contributed by atoms with E-state index in [1.165, 1.54) is 51.5 Å². The van der Waals surface area contributed by atoms with Crippen molar-refractivity contribution in [1.82, 2.24) is 0 Å². The third-order valence-corrected chi connectivity index (χ3v) is 2.43. The number of rotatable bonds is 8. The summed E-state index contributed by atoms with van der Waals surface area (Å²) in [4.78, 5) is 0. The highest BCUT2D eigenvalue weighted by molar-refractivity contribution is 7.79. The van der Waals surface area contributed by atoms with Gasteiger partial charge in [0.05, 0.1) is 27.7 Å². The van der Waals surface area contributed by atoms with Crippen LogP contribution < -0.4 is 0 Å². The first-order valence-corrected chi connectivity index (χ1v) is 7.86. The van der Waals surface area contributed by atoms with Gasteiger partial charge >= 0.3 is 1.43 Å². The molecule has 18 heavy (non-hydrogen) atoms. The van der Waals surface area contributed by atoms with Gasteiger partial charge in [-0.3, -0.25) is 8.42 Å². The summed E-state index contributed by atoms with van der Waals surface area (Å²) < 4.78 is 35.2. The molecule has 0 saturated heterocycles. The van der Waals surface area contributed by atoms with Crippen molar-refractivity contribution in [2.24, 2.45) is 0 Å². The fourth-order valence-electron chi connectivity index (χ4n) is 1.54. The minimum Gasteiger partial charge on any atom is -0.759 e. The van der Waals surface area contributed by atoms with Crippen molar-refractivity contribution in [2.75, 3.05) is 27.7 Å². The van der Waals surface area contributed by atoms with Crippen molar-refractivity contribution >= 4 is 10.4 Å². The number of hydrogen-bond acceptors (Lipinski definition) is 4. The summed E-state index contributed by atoms with van der Waals surface area (Å²) >= 11 is 0. The first kappa shape index (κ1) is 20.2. The number of hydrogen-bond donors (Lipinski definition) is 0. The van der Waals surface area contributed by atoms with Crippen LogP contribution >= 0.6 is 0 Å². The molecule has 0 heterocycles. The molecule has 0 spiro atoms. The van der Waals surface area contributed by atoms with Crippen LogP contribution in [0.2, 0.25) is 0 Å². The lowest BCUT2D eigenvalue weighted by Crippen LogP contribution is -2.35. The average Bonchev–Trinajstić information content (AvgIpc) is 2.12. The van der Waals surface area contributed by atoms with Crippen molar-refractivity contribution in [3.05, 3.63) is 0 Å². The molecule has 0 aliphatic rings. The Morgan fingerprint density at radius 2 is 1.22 bits per heavy atom. The first-order chi connectivity index (χ1) is 8.06. The predicted molar refractivity (Wildman–Crippen MR) is 72.5 cm³/mol. The molecule has 0 amide bonds. The second kappa shape index (κ2) is 10.7. The molecule has 112 valence electrons. The smallest absolute Gasteiger partial charge is 0.759 e. The lowest BCUT2D eigenvalue weighted by atomic mass is 10.1. The van der Waals surface area contributed by atoms with Crippen LogP contribution in [0.5, 0.6) is 0 Å². The number of nitrogens with zero attached hydrogens (tertiary/aromatic N) is 1. The molecule has 0 aromatic heterocycles. The normalized spacial score (nSPS) is 11.9. The molecule has 0 bridgehead atoms. The maximum Gasteiger partial charge on any atom is 1.00 e. The van der Waals surface area contributed by atoms with Gasteiger partial charge < -0.3 is 13.6 Å². The minimum absolute atomic E-state index is 0. The Balaban J connectivity index is -0.000000366. The molecule has 0 atom stereocenters. The van der Waals surface area contributed by atoms with Crippen LogP contribution in [0, 0.1) is 0 Å². The van der Waals surface area contributed by atoms with E-state index in [-0.39, 0.29) is 1.43 Å². The first-order valence-electron chi connectivity index (χ1n) is 6.53. The molecule has 0 aromatic carbocycles. The van der Waals surface area contributed by atoms with Crippen molar-refractivity contribution in [3.8, 4) is 0 Å². The molecular formula is C12H29NO4S. The largest absolute Gasteiger partial charge is 1.00 e. The Hall–Kier alpha value is -0.170. The van der Waals surface area contributed by atoms with E-state index >= 15 is 0 Å². The summed E-state index contributed by atoms with van der Waals surface area (Å²) in [5, 5.41) is 0. The molecular weight excluding hydrogens is 254 g/mol. The molecule has 0 aliphatic heterocycles. The number of unbranched alkanes of at least 4 members (excludes halogenated alkanes) is 6. The summed E-state index contributed by atoms with van der Waals surface area (Å²) in [7, 11) is 1.66. The molecule has 0 radical (unpaired) electrons. The zero-order chi connectivity index (χ0) is 14.7. The van der Waals surface area contributed by atoms with Gasteiger partial charge in [0.2, 0.25) is 0 Å². The molecule has 5 nitrogen and oxygen atoms in total. The van der Waals surface area contributed by atoms with Crippen LogP contribution in [0.25, 0.3) is 0 Å². The highest BCUT2D eigenvalue weighted by Crippen LogP contribution is 2.07. The summed E-state index contributed by atoms with van der Waals surface area (Å²) in [6, 6.07) is 0. The maximum absolute atomic E-state index is 8.52. The molecule has 6 heteroatoms. The SMILES string of the molecule is CCCCCCCCC[N+](C)(C)C.O=S(=O)([O-])[O-].[H+]. The second-order valence-electron chi connectivity index (χ2n) is 5.54. The summed E-state index contributed by atoms with van der Waals surface area (Å²) in [6.45, 7) is 3.60. The fourth-order valence-corrected chi connectivity index (χ4v) is 1.54. The standard InChI is InChI=1S/C12H28N.H2O4S/c1-5-6-7-8-9-10-11-12-13(2,3)4;1-5(2,3)4/h5-12H2,1-4H3;(H2,1,2,3,4)/q+1;/p-1. The lowest BCUT2D eigenvalue weighted by Gasteiger charge is -2.23. The van der Waals surface area contributed by atoms with E-state index in [9.17, 15) is 0 Å². The Morgan fingerprint density at radius 3 is 1.56 bits per heavy atom. The maximum atomic E-state index is 8.52. The fraction of sp³-hybridized carbons (Fsp3) is 1.00. The van der Waals surface area contributed by atoms with Crippen LogP contribution in [0.1, 0.15) is 53.3 Å². The molecule has 0 saturated carbocycles. The van der Waals surface area contributed by atoms with Crippen molar-refractivity contribution in [2.45, 2.75) is 51.9 Å². The average molecular weight is 283 g/mol. The second-order valence-corrected chi connectivity index (χ2v) is 6.36. The Morgan fingerprint density at radius 1 is 0.889 bits per heavy atom. The summed E-state index contributed by atoms with van der Waals surface area (Å²) in [5.74, 6) is 0. The lowest BCUT2D eigenvalue weighted by molar-refractivity contribution is -0.870. The zero-order valence-electron chi connectivity index (χ0n) is 13.1. The molecule has 0 N–H and O–H groups in total. The third kappa shape index (κ3) is 36.0. The molecule has 0 rings (SSSR count). The van der Waals surface area contributed by atoms with Crippen LogP contribution in [0.15, 0.2) is 0 Å². The van der Waals surface area contributed by atoms with E-state index in [0.29, 0.717) is 0 Å². The predicted octanol–water partition coefficient (Wildman–Crippen LogP) is 2.22. The minimum atomic E-state index is -5.17. The summed E-state index contributed by atoms with van der Waals surface area (Å²) in [6.07, 6.45) is 9.95. The van der Waals surface area contributed by atoms with E-state index < -0.39 is 10.4 Å². The van der Waals surface area contributed by atoms with E-state index in [2.05, 4.69) is 28.1 Å². The van der Waals surface area contributed by atoms with Gasteiger partial charge in [-0.1, -0.05) is 39.0 Å². The van der Waals surface area contributed by atoms with Crippen LogP contribution in [0.3, 0.4) is 0 Å². The Kier molecular flexibility index (Phi) is 12.0. The van der Waals surface area contributed by atoms with Crippen molar-refractivity contribution in [1.29, 1.82) is 0 Å². The third-order valence-electron chi connectivity index (χ3n) is 2.43. The molecule has 0 aliphatic carbocycles. The highest BCUT2D eigenvalue weighted by Gasteiger charge is 2.04. The van der Waals surface area contributed by atoms with E-state index in [0.717, 1.165) is 4.48 Å². The van der Waals surface area contributed by atoms with Gasteiger partial charge in [0.25, 0.3) is 0 Å². The topological polar surface area (TPSA) is 80.3 Å². The quantitative estimate of drug-likeness (QED) is 0.296. The number of quaternary nitrogens is 1. The van der Waals surface area contributed by atoms with E-state index in [1.807, 2.05) is 0 Å². The zero-order valence-corrected chi connectivity index (χ0v) is 13.0. The van der Waals surface area contributed by atoms with Crippen LogP contribution in [-0.2, 0) is 10.4 Å². The molecule has 0 unspecified atom stereocenters. The van der Waals surface area contributed by atoms with E-state index in [1.54, 1.807) is 0 Å². The van der Waals surface area contributed by atoms with Gasteiger partial charge in [-0.15, -0.1) is 0 Å². The molecule has 0 aromatic rings. The Labute approximate surface area is 114 Å². The van der Waals surface area contributed by atoms with Crippen LogP contribution in [-0.4, -0.2) is 49.7 Å². The van der Waals surface area contributed by atoms with Gasteiger partial charge in [0.15, 0.2) is 0 Å². The summed E-state index contributed by atoms with van der Waals surface area (Å²) in [5.41, 5.74) is 0. The van der Waals surface area contributed by atoms with Gasteiger partial charge in [-0.25, -0.2) is 0 Å². The van der Waals surface area contributed by atoms with Gasteiger partial charge in [-0.2, -0.15) is 0 Å². The van der Waals surface area contributed by atoms with Gasteiger partial charge in [0, 0.05) is 10.4 Å². The van der Waals surface area contributed by atoms with Gasteiger partial charge in [0.1, 0.15) is 0 Å². The van der Waals surface area contributed by atoms with Crippen molar-refractivity contribution in [3.63, 3.8) is 0 Å². The monoisotopic (exact) mass is 283 g/mol. The highest BCUT2D eigenvalue weighted by atomic mass is 32.3. The van der Waals surface area contributed by atoms with Crippen LogP contribution in [0.4, 0.5) is 0 Å². The van der Waals surface area contributed by atoms with Crippen molar-refractivity contribution < 1.29 is 23.4 Å². The van der Waals surface area contributed by atoms with Gasteiger partial charge in [-0.05, 0) is 12.8 Å². The van der Waals surface area contributed by atoms with E-state index in [4.69, 9.17) is 17.5 Å². The molecule has 0 fully saturated rings.